The number of aromatic nitrogens is 1. The highest BCUT2D eigenvalue weighted by Crippen LogP contribution is 2.53. The molecule has 0 radical (unpaired) electrons. The van der Waals surface area contributed by atoms with Crippen LogP contribution in [0.4, 0.5) is 5.69 Å². The molecule has 2 saturated carbocycles. The molecule has 5 rings (SSSR count). The summed E-state index contributed by atoms with van der Waals surface area (Å²) in [6.07, 6.45) is 9.36. The van der Waals surface area contributed by atoms with Gasteiger partial charge >= 0.3 is 0 Å². The van der Waals surface area contributed by atoms with Gasteiger partial charge in [0.05, 0.1) is 24.3 Å². The SMILES string of the molecule is Cc1cncc(N2C[C@H](NC(=O)Cc3ccc(C4CC4)cc3)C3(CC3)C2)c1. The zero-order chi connectivity index (χ0) is 18.4. The number of aryl methyl sites for hydroxylation is 1. The number of rotatable bonds is 5. The van der Waals surface area contributed by atoms with Gasteiger partial charge in [-0.1, -0.05) is 24.3 Å². The summed E-state index contributed by atoms with van der Waals surface area (Å²) in [6.45, 7) is 3.99. The molecule has 1 aromatic heterocycles. The van der Waals surface area contributed by atoms with Crippen molar-refractivity contribution in [3.8, 4) is 0 Å². The third-order valence-electron chi connectivity index (χ3n) is 6.49. The number of anilines is 1. The largest absolute Gasteiger partial charge is 0.368 e. The van der Waals surface area contributed by atoms with Crippen molar-refractivity contribution in [2.45, 2.75) is 51.0 Å². The van der Waals surface area contributed by atoms with Crippen molar-refractivity contribution in [3.05, 3.63) is 59.4 Å². The quantitative estimate of drug-likeness (QED) is 0.885. The molecular formula is C23H27N3O. The van der Waals surface area contributed by atoms with E-state index >= 15 is 0 Å². The highest BCUT2D eigenvalue weighted by Gasteiger charge is 2.55. The Balaban J connectivity index is 1.22. The van der Waals surface area contributed by atoms with Gasteiger partial charge in [0.15, 0.2) is 0 Å². The first-order valence-electron chi connectivity index (χ1n) is 10.2. The Morgan fingerprint density at radius 1 is 1.22 bits per heavy atom. The van der Waals surface area contributed by atoms with Crippen LogP contribution in [0.1, 0.15) is 48.3 Å². The van der Waals surface area contributed by atoms with Gasteiger partial charge in [-0.05, 0) is 61.3 Å². The lowest BCUT2D eigenvalue weighted by molar-refractivity contribution is -0.121. The first kappa shape index (κ1) is 16.8. The average molecular weight is 361 g/mol. The maximum absolute atomic E-state index is 12.7. The van der Waals surface area contributed by atoms with Gasteiger partial charge in [-0.15, -0.1) is 0 Å². The Hall–Kier alpha value is -2.36. The molecule has 1 saturated heterocycles. The molecule has 1 N–H and O–H groups in total. The zero-order valence-electron chi connectivity index (χ0n) is 15.9. The summed E-state index contributed by atoms with van der Waals surface area (Å²) in [4.78, 5) is 19.4. The number of pyridine rings is 1. The minimum Gasteiger partial charge on any atom is -0.368 e. The number of nitrogens with zero attached hydrogens (tertiary/aromatic N) is 2. The van der Waals surface area contributed by atoms with Crippen LogP contribution < -0.4 is 10.2 Å². The normalized spacial score (nSPS) is 22.9. The van der Waals surface area contributed by atoms with Crippen LogP contribution in [-0.4, -0.2) is 30.0 Å². The fourth-order valence-electron chi connectivity index (χ4n) is 4.50. The van der Waals surface area contributed by atoms with Gasteiger partial charge < -0.3 is 10.2 Å². The van der Waals surface area contributed by atoms with Crippen LogP contribution >= 0.6 is 0 Å². The summed E-state index contributed by atoms with van der Waals surface area (Å²) in [5.74, 6) is 0.915. The topological polar surface area (TPSA) is 45.2 Å². The van der Waals surface area contributed by atoms with Gasteiger partial charge in [0.2, 0.25) is 5.91 Å². The summed E-state index contributed by atoms with van der Waals surface area (Å²) in [7, 11) is 0. The lowest BCUT2D eigenvalue weighted by Gasteiger charge is -2.19. The lowest BCUT2D eigenvalue weighted by atomic mass is 10.00. The van der Waals surface area contributed by atoms with Gasteiger partial charge in [-0.3, -0.25) is 9.78 Å². The Morgan fingerprint density at radius 2 is 2.00 bits per heavy atom. The first-order chi connectivity index (χ1) is 13.1. The molecule has 1 spiro atoms. The molecule has 1 amide bonds. The summed E-state index contributed by atoms with van der Waals surface area (Å²) < 4.78 is 0. The van der Waals surface area contributed by atoms with Gasteiger partial charge in [-0.25, -0.2) is 0 Å². The second kappa shape index (κ2) is 6.36. The smallest absolute Gasteiger partial charge is 0.224 e. The molecule has 4 nitrogen and oxygen atoms in total. The van der Waals surface area contributed by atoms with Crippen LogP contribution in [0.25, 0.3) is 0 Å². The average Bonchev–Trinajstić information content (AvgIpc) is 3.56. The van der Waals surface area contributed by atoms with Crippen LogP contribution in [0.5, 0.6) is 0 Å². The molecule has 1 aliphatic heterocycles. The van der Waals surface area contributed by atoms with Gasteiger partial charge in [0.25, 0.3) is 0 Å². The molecule has 2 heterocycles. The van der Waals surface area contributed by atoms with Crippen molar-refractivity contribution in [2.24, 2.45) is 5.41 Å². The van der Waals surface area contributed by atoms with E-state index in [1.165, 1.54) is 42.5 Å². The van der Waals surface area contributed by atoms with Gasteiger partial charge in [0.1, 0.15) is 0 Å². The summed E-state index contributed by atoms with van der Waals surface area (Å²) >= 11 is 0. The Morgan fingerprint density at radius 3 is 2.67 bits per heavy atom. The predicted octanol–water partition coefficient (Wildman–Crippen LogP) is 3.60. The molecule has 1 atom stereocenters. The maximum Gasteiger partial charge on any atom is 0.224 e. The van der Waals surface area contributed by atoms with Crippen LogP contribution in [-0.2, 0) is 11.2 Å². The van der Waals surface area contributed by atoms with E-state index in [0.717, 1.165) is 24.6 Å². The van der Waals surface area contributed by atoms with E-state index in [0.29, 0.717) is 6.42 Å². The van der Waals surface area contributed by atoms with E-state index in [9.17, 15) is 4.79 Å². The van der Waals surface area contributed by atoms with Crippen LogP contribution in [0.3, 0.4) is 0 Å². The second-order valence-corrected chi connectivity index (χ2v) is 8.78. The highest BCUT2D eigenvalue weighted by atomic mass is 16.1. The minimum absolute atomic E-state index is 0.148. The Labute approximate surface area is 161 Å². The Kier molecular flexibility index (Phi) is 3.96. The van der Waals surface area contributed by atoms with Crippen LogP contribution in [0.2, 0.25) is 0 Å². The molecule has 3 aliphatic rings. The van der Waals surface area contributed by atoms with Crippen molar-refractivity contribution < 1.29 is 4.79 Å². The van der Waals surface area contributed by atoms with Crippen LogP contribution in [0.15, 0.2) is 42.7 Å². The molecule has 4 heteroatoms. The monoisotopic (exact) mass is 361 g/mol. The first-order valence-corrected chi connectivity index (χ1v) is 10.2. The lowest BCUT2D eigenvalue weighted by Crippen LogP contribution is -2.42. The fourth-order valence-corrected chi connectivity index (χ4v) is 4.50. The summed E-state index contributed by atoms with van der Waals surface area (Å²) in [6, 6.07) is 11.1. The predicted molar refractivity (Wildman–Crippen MR) is 107 cm³/mol. The van der Waals surface area contributed by atoms with Gasteiger partial charge in [-0.2, -0.15) is 0 Å². The number of hydrogen-bond acceptors (Lipinski definition) is 3. The standard InChI is InChI=1S/C23H27N3O/c1-16-10-20(13-24-12-16)26-14-21(23(15-26)8-9-23)25-22(27)11-17-2-4-18(5-3-17)19-6-7-19/h2-5,10,12-13,19,21H,6-9,11,14-15H2,1H3,(H,25,27)/t21-/m0/s1. The van der Waals surface area contributed by atoms with Crippen molar-refractivity contribution in [1.29, 1.82) is 0 Å². The number of benzene rings is 1. The highest BCUT2D eigenvalue weighted by molar-refractivity contribution is 5.79. The van der Waals surface area contributed by atoms with Gasteiger partial charge in [0, 0.05) is 24.7 Å². The van der Waals surface area contributed by atoms with Crippen molar-refractivity contribution >= 4 is 11.6 Å². The maximum atomic E-state index is 12.7. The summed E-state index contributed by atoms with van der Waals surface area (Å²) in [5.41, 5.74) is 5.16. The molecule has 1 aromatic carbocycles. The number of nitrogens with one attached hydrogen (secondary N) is 1. The summed E-state index contributed by atoms with van der Waals surface area (Å²) in [5, 5.41) is 3.34. The van der Waals surface area contributed by atoms with Crippen LogP contribution in [0, 0.1) is 12.3 Å². The number of hydrogen-bond donors (Lipinski definition) is 1. The van der Waals surface area contributed by atoms with E-state index in [1.54, 1.807) is 0 Å². The minimum atomic E-state index is 0.148. The van der Waals surface area contributed by atoms with E-state index in [1.807, 2.05) is 12.4 Å². The third-order valence-corrected chi connectivity index (χ3v) is 6.49. The fraction of sp³-hybridized carbons (Fsp3) is 0.478. The number of carbonyl (C=O) groups excluding carboxylic acids is 1. The molecule has 3 fully saturated rings. The van der Waals surface area contributed by atoms with E-state index in [-0.39, 0.29) is 17.4 Å². The zero-order valence-corrected chi connectivity index (χ0v) is 15.9. The number of carbonyl (C=O) groups is 1. The number of amides is 1. The molecule has 0 unspecified atom stereocenters. The van der Waals surface area contributed by atoms with Crippen molar-refractivity contribution in [2.75, 3.05) is 18.0 Å². The molecule has 0 bridgehead atoms. The molecule has 2 aromatic rings. The molecular weight excluding hydrogens is 334 g/mol. The Bertz CT molecular complexity index is 852. The van der Waals surface area contributed by atoms with Crippen molar-refractivity contribution in [1.82, 2.24) is 10.3 Å². The molecule has 140 valence electrons. The second-order valence-electron chi connectivity index (χ2n) is 8.78. The third kappa shape index (κ3) is 3.45. The van der Waals surface area contributed by atoms with E-state index < -0.39 is 0 Å². The molecule has 27 heavy (non-hydrogen) atoms. The van der Waals surface area contributed by atoms with Crippen molar-refractivity contribution in [3.63, 3.8) is 0 Å². The van der Waals surface area contributed by atoms with E-state index in [2.05, 4.69) is 52.5 Å². The molecule has 2 aliphatic carbocycles. The van der Waals surface area contributed by atoms with E-state index in [4.69, 9.17) is 0 Å².